The molecule has 35 heavy (non-hydrogen) atoms. The lowest BCUT2D eigenvalue weighted by Crippen LogP contribution is -2.14. The standard InChI is InChI=1S/C27H24N4O4/c1-16-24(26(33)31(30-16)21-9-4-8-20(15-21)27(34)35)29-28-23-11-5-7-19(25(23)32)14-18-13-12-17-6-2-3-10-22(17)18/h2-11,15,18,30,32H,12-14H2,1H3,(H,34,35). The van der Waals surface area contributed by atoms with E-state index in [9.17, 15) is 19.8 Å². The number of para-hydroxylation sites is 1. The van der Waals surface area contributed by atoms with E-state index in [0.29, 0.717) is 23.7 Å². The molecule has 4 aromatic rings. The number of nitrogens with zero attached hydrogens (tertiary/aromatic N) is 3. The third-order valence-electron chi connectivity index (χ3n) is 6.47. The summed E-state index contributed by atoms with van der Waals surface area (Å²) in [6, 6.07) is 19.8. The van der Waals surface area contributed by atoms with Gasteiger partial charge in [0.15, 0.2) is 5.69 Å². The van der Waals surface area contributed by atoms with E-state index in [0.717, 1.165) is 18.4 Å². The van der Waals surface area contributed by atoms with E-state index < -0.39 is 11.5 Å². The predicted octanol–water partition coefficient (Wildman–Crippen LogP) is 5.57. The first-order valence-corrected chi connectivity index (χ1v) is 11.4. The molecule has 8 nitrogen and oxygen atoms in total. The Morgan fingerprint density at radius 3 is 2.71 bits per heavy atom. The summed E-state index contributed by atoms with van der Waals surface area (Å²) < 4.78 is 1.23. The van der Waals surface area contributed by atoms with E-state index in [1.165, 1.54) is 27.9 Å². The van der Waals surface area contributed by atoms with E-state index >= 15 is 0 Å². The van der Waals surface area contributed by atoms with Gasteiger partial charge in [-0.05, 0) is 73.1 Å². The lowest BCUT2D eigenvalue weighted by molar-refractivity contribution is 0.0697. The van der Waals surface area contributed by atoms with Crippen LogP contribution in [0.3, 0.4) is 0 Å². The molecular weight excluding hydrogens is 444 g/mol. The summed E-state index contributed by atoms with van der Waals surface area (Å²) in [6.45, 7) is 1.68. The van der Waals surface area contributed by atoms with Crippen molar-refractivity contribution in [2.24, 2.45) is 10.2 Å². The van der Waals surface area contributed by atoms with Crippen LogP contribution in [0.25, 0.3) is 5.69 Å². The molecular formula is C27H24N4O4. The average molecular weight is 469 g/mol. The molecule has 0 bridgehead atoms. The average Bonchev–Trinajstić information content (AvgIpc) is 3.40. The van der Waals surface area contributed by atoms with Crippen LogP contribution in [0.2, 0.25) is 0 Å². The highest BCUT2D eigenvalue weighted by Gasteiger charge is 2.23. The van der Waals surface area contributed by atoms with Gasteiger partial charge in [-0.1, -0.05) is 42.5 Å². The van der Waals surface area contributed by atoms with Crippen molar-refractivity contribution in [1.82, 2.24) is 9.78 Å². The second-order valence-electron chi connectivity index (χ2n) is 8.70. The zero-order valence-electron chi connectivity index (χ0n) is 19.1. The van der Waals surface area contributed by atoms with Crippen molar-refractivity contribution in [1.29, 1.82) is 0 Å². The second kappa shape index (κ2) is 9.06. The highest BCUT2D eigenvalue weighted by molar-refractivity contribution is 5.88. The molecule has 0 aliphatic heterocycles. The molecule has 1 heterocycles. The predicted molar refractivity (Wildman–Crippen MR) is 132 cm³/mol. The zero-order valence-corrected chi connectivity index (χ0v) is 19.1. The summed E-state index contributed by atoms with van der Waals surface area (Å²) >= 11 is 0. The number of aromatic amines is 1. The number of aromatic hydroxyl groups is 1. The molecule has 1 aliphatic carbocycles. The van der Waals surface area contributed by atoms with Crippen molar-refractivity contribution in [2.75, 3.05) is 0 Å². The Morgan fingerprint density at radius 1 is 1.09 bits per heavy atom. The molecule has 0 amide bonds. The van der Waals surface area contributed by atoms with Crippen molar-refractivity contribution in [3.8, 4) is 11.4 Å². The minimum Gasteiger partial charge on any atom is -0.505 e. The number of carbonyl (C=O) groups is 1. The normalized spacial score (nSPS) is 14.9. The first-order chi connectivity index (χ1) is 16.9. The topological polar surface area (TPSA) is 120 Å². The molecule has 0 radical (unpaired) electrons. The first-order valence-electron chi connectivity index (χ1n) is 11.4. The van der Waals surface area contributed by atoms with Gasteiger partial charge in [0.2, 0.25) is 0 Å². The largest absolute Gasteiger partial charge is 0.505 e. The number of carboxylic acid groups (broad SMARTS) is 1. The lowest BCUT2D eigenvalue weighted by Gasteiger charge is -2.13. The maximum Gasteiger partial charge on any atom is 0.335 e. The highest BCUT2D eigenvalue weighted by Crippen LogP contribution is 2.39. The Hall–Kier alpha value is -4.46. The number of phenolic OH excluding ortho intramolecular Hbond substituents is 1. The fourth-order valence-electron chi connectivity index (χ4n) is 4.67. The lowest BCUT2D eigenvalue weighted by atomic mass is 9.93. The van der Waals surface area contributed by atoms with Crippen molar-refractivity contribution in [3.05, 3.63) is 105 Å². The number of H-pyrrole nitrogens is 1. The number of hydrogen-bond acceptors (Lipinski definition) is 5. The molecule has 1 aromatic heterocycles. The van der Waals surface area contributed by atoms with Gasteiger partial charge < -0.3 is 10.2 Å². The Balaban J connectivity index is 1.42. The minimum absolute atomic E-state index is 0.0586. The number of phenols is 1. The summed E-state index contributed by atoms with van der Waals surface area (Å²) in [5.74, 6) is -0.687. The molecule has 8 heteroatoms. The molecule has 1 atom stereocenters. The summed E-state index contributed by atoms with van der Waals surface area (Å²) in [6.07, 6.45) is 2.77. The van der Waals surface area contributed by atoms with Crippen LogP contribution in [0, 0.1) is 6.92 Å². The van der Waals surface area contributed by atoms with Crippen LogP contribution in [-0.4, -0.2) is 26.0 Å². The molecule has 5 rings (SSSR count). The SMILES string of the molecule is Cc1[nH]n(-c2cccc(C(=O)O)c2)c(=O)c1N=Nc1cccc(CC2CCc3ccccc32)c1O. The van der Waals surface area contributed by atoms with E-state index in [4.69, 9.17) is 0 Å². The fraction of sp³-hybridized carbons (Fsp3) is 0.185. The van der Waals surface area contributed by atoms with Crippen LogP contribution in [0.5, 0.6) is 5.75 Å². The summed E-state index contributed by atoms with van der Waals surface area (Å²) in [4.78, 5) is 24.2. The number of aryl methyl sites for hydroxylation is 2. The summed E-state index contributed by atoms with van der Waals surface area (Å²) in [5, 5.41) is 31.3. The van der Waals surface area contributed by atoms with Gasteiger partial charge in [-0.3, -0.25) is 9.89 Å². The van der Waals surface area contributed by atoms with Crippen LogP contribution in [0.15, 0.2) is 81.8 Å². The first kappa shape index (κ1) is 22.3. The van der Waals surface area contributed by atoms with Crippen molar-refractivity contribution >= 4 is 17.3 Å². The Kier molecular flexibility index (Phi) is 5.78. The zero-order chi connectivity index (χ0) is 24.5. The molecule has 1 aliphatic rings. The number of carboxylic acids is 1. The van der Waals surface area contributed by atoms with Crippen molar-refractivity contribution in [3.63, 3.8) is 0 Å². The third-order valence-corrected chi connectivity index (χ3v) is 6.47. The van der Waals surface area contributed by atoms with Gasteiger partial charge in [0.05, 0.1) is 16.9 Å². The number of aromatic carboxylic acids is 1. The smallest absolute Gasteiger partial charge is 0.335 e. The van der Waals surface area contributed by atoms with E-state index in [1.807, 2.05) is 18.2 Å². The molecule has 3 aromatic carbocycles. The number of benzene rings is 3. The molecule has 0 fully saturated rings. The second-order valence-corrected chi connectivity index (χ2v) is 8.70. The van der Waals surface area contributed by atoms with E-state index in [-0.39, 0.29) is 22.7 Å². The monoisotopic (exact) mass is 468 g/mol. The fourth-order valence-corrected chi connectivity index (χ4v) is 4.67. The molecule has 0 saturated heterocycles. The van der Waals surface area contributed by atoms with Crippen LogP contribution in [-0.2, 0) is 12.8 Å². The molecule has 0 spiro atoms. The van der Waals surface area contributed by atoms with Crippen LogP contribution < -0.4 is 5.56 Å². The number of azo groups is 1. The number of hydrogen-bond donors (Lipinski definition) is 3. The number of rotatable bonds is 6. The van der Waals surface area contributed by atoms with E-state index in [1.54, 1.807) is 25.1 Å². The van der Waals surface area contributed by atoms with Gasteiger partial charge in [-0.2, -0.15) is 0 Å². The van der Waals surface area contributed by atoms with Crippen LogP contribution in [0.4, 0.5) is 11.4 Å². The van der Waals surface area contributed by atoms with Gasteiger partial charge in [0, 0.05) is 0 Å². The van der Waals surface area contributed by atoms with Crippen molar-refractivity contribution < 1.29 is 15.0 Å². The minimum atomic E-state index is -1.08. The van der Waals surface area contributed by atoms with Gasteiger partial charge >= 0.3 is 5.97 Å². The van der Waals surface area contributed by atoms with Crippen LogP contribution in [0.1, 0.15) is 45.1 Å². The Bertz CT molecular complexity index is 1520. The molecule has 1 unspecified atom stereocenters. The Labute approximate surface area is 201 Å². The molecule has 3 N–H and O–H groups in total. The molecule has 176 valence electrons. The number of fused-ring (bicyclic) bond motifs is 1. The van der Waals surface area contributed by atoms with Gasteiger partial charge in [0.25, 0.3) is 5.56 Å². The maximum atomic E-state index is 13.0. The number of aromatic nitrogens is 2. The summed E-state index contributed by atoms with van der Waals surface area (Å²) in [5.41, 5.74) is 4.29. The third kappa shape index (κ3) is 4.26. The Morgan fingerprint density at radius 2 is 1.89 bits per heavy atom. The van der Waals surface area contributed by atoms with Crippen molar-refractivity contribution in [2.45, 2.75) is 32.1 Å². The van der Waals surface area contributed by atoms with Gasteiger partial charge in [0.1, 0.15) is 11.4 Å². The quantitative estimate of drug-likeness (QED) is 0.321. The van der Waals surface area contributed by atoms with Gasteiger partial charge in [-0.15, -0.1) is 10.2 Å². The number of nitrogens with one attached hydrogen (secondary N) is 1. The maximum absolute atomic E-state index is 13.0. The van der Waals surface area contributed by atoms with E-state index in [2.05, 4.69) is 33.5 Å². The molecule has 0 saturated carbocycles. The van der Waals surface area contributed by atoms with Gasteiger partial charge in [-0.25, -0.2) is 9.48 Å². The highest BCUT2D eigenvalue weighted by atomic mass is 16.4. The summed E-state index contributed by atoms with van der Waals surface area (Å²) in [7, 11) is 0. The van der Waals surface area contributed by atoms with Crippen LogP contribution >= 0.6 is 0 Å².